The van der Waals surface area contributed by atoms with Crippen LogP contribution < -0.4 is 15.2 Å². The van der Waals surface area contributed by atoms with Gasteiger partial charge in [-0.3, -0.25) is 0 Å². The molecular weight excluding hydrogens is 446 g/mol. The highest BCUT2D eigenvalue weighted by Crippen LogP contribution is 2.37. The zero-order valence-electron chi connectivity index (χ0n) is 17.8. The van der Waals surface area contributed by atoms with Crippen molar-refractivity contribution < 1.29 is 36.8 Å². The van der Waals surface area contributed by atoms with Crippen molar-refractivity contribution in [2.75, 3.05) is 26.9 Å². The van der Waals surface area contributed by atoms with E-state index < -0.39 is 32.6 Å². The standard InChI is InChI=1S/C22H28F3NO5P/c1-29-19-7-3-2-5-17(19)6-4-12-30-20-9-8-16(13-18(20)22(23,24)25)10-11-21(26,14-27)15-31-32-28/h2-3,5,7-9,13,27,32H,4,6,10-12,14-15,26H2,1H3/q+1. The number of aliphatic hydroxyl groups excluding tert-OH is 1. The minimum absolute atomic E-state index is 0.115. The highest BCUT2D eigenvalue weighted by atomic mass is 31.1. The van der Waals surface area contributed by atoms with E-state index >= 15 is 0 Å². The van der Waals surface area contributed by atoms with Crippen molar-refractivity contribution in [3.63, 3.8) is 0 Å². The van der Waals surface area contributed by atoms with Crippen molar-refractivity contribution in [3.05, 3.63) is 59.2 Å². The Bertz CT molecular complexity index is 881. The molecule has 0 saturated carbocycles. The summed E-state index contributed by atoms with van der Waals surface area (Å²) < 4.78 is 66.8. The molecule has 2 rings (SSSR count). The second-order valence-electron chi connectivity index (χ2n) is 7.48. The van der Waals surface area contributed by atoms with Crippen molar-refractivity contribution in [3.8, 4) is 11.5 Å². The molecule has 0 aliphatic rings. The Labute approximate surface area is 186 Å². The molecule has 176 valence electrons. The van der Waals surface area contributed by atoms with E-state index in [0.717, 1.165) is 17.4 Å². The highest BCUT2D eigenvalue weighted by Gasteiger charge is 2.35. The maximum absolute atomic E-state index is 13.6. The molecule has 3 N–H and O–H groups in total. The van der Waals surface area contributed by atoms with Gasteiger partial charge in [-0.05, 0) is 59.6 Å². The number of methoxy groups -OCH3 is 1. The van der Waals surface area contributed by atoms with Gasteiger partial charge in [-0.15, -0.1) is 4.52 Å². The van der Waals surface area contributed by atoms with Crippen molar-refractivity contribution >= 4 is 8.69 Å². The zero-order chi connectivity index (χ0) is 23.6. The Balaban J connectivity index is 2.02. The monoisotopic (exact) mass is 474 g/mol. The van der Waals surface area contributed by atoms with E-state index in [1.54, 1.807) is 13.2 Å². The van der Waals surface area contributed by atoms with Gasteiger partial charge in [0.15, 0.2) is 0 Å². The summed E-state index contributed by atoms with van der Waals surface area (Å²) in [5.41, 5.74) is 5.27. The molecule has 32 heavy (non-hydrogen) atoms. The first kappa shape index (κ1) is 26.1. The molecule has 2 atom stereocenters. The Morgan fingerprint density at radius 1 is 1.09 bits per heavy atom. The number of para-hydroxylation sites is 1. The molecule has 2 aromatic rings. The summed E-state index contributed by atoms with van der Waals surface area (Å²) in [5.74, 6) is 0.492. The molecule has 10 heteroatoms. The molecule has 2 unspecified atom stereocenters. The van der Waals surface area contributed by atoms with Gasteiger partial charge >= 0.3 is 14.9 Å². The summed E-state index contributed by atoms with van der Waals surface area (Å²) in [7, 11) is 0.538. The maximum Gasteiger partial charge on any atom is 0.494 e. The average Bonchev–Trinajstić information content (AvgIpc) is 2.79. The predicted octanol–water partition coefficient (Wildman–Crippen LogP) is 4.30. The van der Waals surface area contributed by atoms with E-state index in [2.05, 4.69) is 0 Å². The lowest BCUT2D eigenvalue weighted by Crippen LogP contribution is -2.47. The Morgan fingerprint density at radius 2 is 1.84 bits per heavy atom. The Hall–Kier alpha value is -2.19. The van der Waals surface area contributed by atoms with Crippen LogP contribution in [-0.2, 0) is 28.1 Å². The molecule has 0 fully saturated rings. The van der Waals surface area contributed by atoms with E-state index in [-0.39, 0.29) is 31.8 Å². The number of halogens is 3. The molecule has 0 bridgehead atoms. The summed E-state index contributed by atoms with van der Waals surface area (Å²) in [6.07, 6.45) is -3.12. The Morgan fingerprint density at radius 3 is 2.50 bits per heavy atom. The van der Waals surface area contributed by atoms with Gasteiger partial charge < -0.3 is 20.3 Å². The van der Waals surface area contributed by atoms with Crippen LogP contribution in [0, 0.1) is 0 Å². The number of hydrogen-bond donors (Lipinski definition) is 2. The van der Waals surface area contributed by atoms with Crippen molar-refractivity contribution in [2.45, 2.75) is 37.4 Å². The van der Waals surface area contributed by atoms with Crippen LogP contribution in [0.3, 0.4) is 0 Å². The van der Waals surface area contributed by atoms with Crippen LogP contribution in [0.4, 0.5) is 13.2 Å². The number of alkyl halides is 3. The number of aryl methyl sites for hydroxylation is 2. The number of benzene rings is 2. The topological polar surface area (TPSA) is 91.0 Å². The van der Waals surface area contributed by atoms with Crippen LogP contribution in [-0.4, -0.2) is 37.6 Å². The van der Waals surface area contributed by atoms with Gasteiger partial charge in [0, 0.05) is 0 Å². The van der Waals surface area contributed by atoms with E-state index in [1.165, 1.54) is 6.07 Å². The van der Waals surface area contributed by atoms with Crippen molar-refractivity contribution in [1.29, 1.82) is 0 Å². The molecular formula is C22H28F3NO5P+. The van der Waals surface area contributed by atoms with Crippen LogP contribution in [0.25, 0.3) is 0 Å². The Kier molecular flexibility index (Phi) is 9.90. The molecule has 0 aliphatic heterocycles. The summed E-state index contributed by atoms with van der Waals surface area (Å²) in [6.45, 7) is -0.494. The molecule has 0 spiro atoms. The fraction of sp³-hybridized carbons (Fsp3) is 0.455. The predicted molar refractivity (Wildman–Crippen MR) is 116 cm³/mol. The van der Waals surface area contributed by atoms with Crippen LogP contribution in [0.5, 0.6) is 11.5 Å². The number of ether oxygens (including phenoxy) is 2. The first-order valence-corrected chi connectivity index (χ1v) is 10.9. The third kappa shape index (κ3) is 7.74. The third-order valence-electron chi connectivity index (χ3n) is 5.03. The minimum atomic E-state index is -4.59. The molecule has 0 aliphatic carbocycles. The number of hydrogen-bond acceptors (Lipinski definition) is 6. The van der Waals surface area contributed by atoms with Gasteiger partial charge in [0.05, 0.1) is 31.4 Å². The van der Waals surface area contributed by atoms with Crippen LogP contribution in [0.15, 0.2) is 42.5 Å². The second kappa shape index (κ2) is 12.2. The normalized spacial score (nSPS) is 13.7. The van der Waals surface area contributed by atoms with Crippen molar-refractivity contribution in [1.82, 2.24) is 0 Å². The van der Waals surface area contributed by atoms with Crippen molar-refractivity contribution in [2.24, 2.45) is 5.73 Å². The van der Waals surface area contributed by atoms with E-state index in [4.69, 9.17) is 19.7 Å². The highest BCUT2D eigenvalue weighted by molar-refractivity contribution is 7.17. The zero-order valence-corrected chi connectivity index (χ0v) is 18.8. The molecule has 6 nitrogen and oxygen atoms in total. The van der Waals surface area contributed by atoms with E-state index in [1.807, 2.05) is 24.3 Å². The number of rotatable bonds is 13. The first-order chi connectivity index (χ1) is 15.2. The number of nitrogens with two attached hydrogens (primary N) is 1. The lowest BCUT2D eigenvalue weighted by Gasteiger charge is -2.24. The molecule has 0 heterocycles. The second-order valence-corrected chi connectivity index (χ2v) is 7.94. The average molecular weight is 474 g/mol. The lowest BCUT2D eigenvalue weighted by atomic mass is 9.93. The fourth-order valence-corrected chi connectivity index (χ4v) is 3.54. The van der Waals surface area contributed by atoms with Gasteiger partial charge in [0.2, 0.25) is 0 Å². The first-order valence-electron chi connectivity index (χ1n) is 10.1. The summed E-state index contributed by atoms with van der Waals surface area (Å²) in [6, 6.07) is 11.3. The summed E-state index contributed by atoms with van der Waals surface area (Å²) >= 11 is 0. The van der Waals surface area contributed by atoms with Crippen LogP contribution in [0.2, 0.25) is 0 Å². The van der Waals surface area contributed by atoms with Gasteiger partial charge in [0.1, 0.15) is 18.1 Å². The maximum atomic E-state index is 13.6. The van der Waals surface area contributed by atoms with E-state index in [0.29, 0.717) is 18.4 Å². The molecule has 0 radical (unpaired) electrons. The van der Waals surface area contributed by atoms with Gasteiger partial charge in [0.25, 0.3) is 0 Å². The fourth-order valence-electron chi connectivity index (χ4n) is 3.20. The summed E-state index contributed by atoms with van der Waals surface area (Å²) in [5, 5.41) is 9.44. The van der Waals surface area contributed by atoms with Gasteiger partial charge in [-0.1, -0.05) is 24.3 Å². The third-order valence-corrected chi connectivity index (χ3v) is 5.30. The molecule has 0 aromatic heterocycles. The summed E-state index contributed by atoms with van der Waals surface area (Å²) in [4.78, 5) is 0. The minimum Gasteiger partial charge on any atom is -0.496 e. The van der Waals surface area contributed by atoms with Crippen LogP contribution >= 0.6 is 8.69 Å². The SMILES string of the molecule is COc1ccccc1CCCOc1ccc(CCC(N)(CO)CO[PH+]=O)cc1C(F)(F)F. The molecule has 0 saturated heterocycles. The number of aliphatic hydroxyl groups is 1. The lowest BCUT2D eigenvalue weighted by molar-refractivity contribution is -0.139. The van der Waals surface area contributed by atoms with Gasteiger partial charge in [-0.25, -0.2) is 0 Å². The molecule has 2 aromatic carbocycles. The smallest absolute Gasteiger partial charge is 0.494 e. The van der Waals surface area contributed by atoms with Crippen LogP contribution in [0.1, 0.15) is 29.5 Å². The quantitative estimate of drug-likeness (QED) is 0.332. The molecule has 0 amide bonds. The van der Waals surface area contributed by atoms with Gasteiger partial charge in [-0.2, -0.15) is 13.2 Å². The largest absolute Gasteiger partial charge is 0.496 e. The van der Waals surface area contributed by atoms with E-state index in [9.17, 15) is 22.8 Å².